The first-order valence-electron chi connectivity index (χ1n) is 6.00. The first kappa shape index (κ1) is 12.7. The van der Waals surface area contributed by atoms with E-state index in [1.807, 2.05) is 44.2 Å². The second kappa shape index (κ2) is 4.52. The van der Waals surface area contributed by atoms with E-state index < -0.39 is 5.66 Å². The van der Waals surface area contributed by atoms with Crippen LogP contribution in [0.2, 0.25) is 0 Å². The molecule has 1 aromatic carbocycles. The third-order valence-electron chi connectivity index (χ3n) is 3.31. The average molecular weight is 242 g/mol. The van der Waals surface area contributed by atoms with Crippen LogP contribution < -0.4 is 11.5 Å². The summed E-state index contributed by atoms with van der Waals surface area (Å²) in [5.74, 6) is -0.0523. The molecule has 0 amide bonds. The molecule has 94 valence electrons. The van der Waals surface area contributed by atoms with E-state index in [2.05, 4.69) is 0 Å². The predicted octanol–water partition coefficient (Wildman–Crippen LogP) is 1.92. The second-order valence-electron chi connectivity index (χ2n) is 4.94. The number of aryl methyl sites for hydroxylation is 1. The van der Waals surface area contributed by atoms with E-state index >= 15 is 0 Å². The van der Waals surface area contributed by atoms with Gasteiger partial charge in [0, 0.05) is 17.1 Å². The van der Waals surface area contributed by atoms with Gasteiger partial charge in [0.05, 0.1) is 5.66 Å². The summed E-state index contributed by atoms with van der Waals surface area (Å²) in [5, 5.41) is 0. The second-order valence-corrected chi connectivity index (χ2v) is 4.94. The lowest BCUT2D eigenvalue weighted by molar-refractivity contribution is 0.103. The van der Waals surface area contributed by atoms with Crippen molar-refractivity contribution in [1.29, 1.82) is 0 Å². The highest BCUT2D eigenvalue weighted by atomic mass is 16.1. The Morgan fingerprint density at radius 2 is 2.06 bits per heavy atom. The van der Waals surface area contributed by atoms with Gasteiger partial charge in [-0.05, 0) is 19.1 Å². The summed E-state index contributed by atoms with van der Waals surface area (Å²) < 4.78 is 0. The molecule has 18 heavy (non-hydrogen) atoms. The molecular weight excluding hydrogens is 224 g/mol. The molecule has 0 aliphatic heterocycles. The zero-order chi connectivity index (χ0) is 13.3. The van der Waals surface area contributed by atoms with Gasteiger partial charge in [-0.2, -0.15) is 0 Å². The van der Waals surface area contributed by atoms with Crippen LogP contribution in [0.4, 0.5) is 0 Å². The molecule has 0 saturated heterocycles. The summed E-state index contributed by atoms with van der Waals surface area (Å²) in [7, 11) is 0. The minimum absolute atomic E-state index is 0.0114. The standard InChI is InChI=1S/C15H18N2O/c1-10-4-3-5-12(8-10)14(18)13-6-7-15(16,17)11(2)9-13/h3-9,11H,16-17H2,1-2H3. The molecule has 3 heteroatoms. The number of benzene rings is 1. The van der Waals surface area contributed by atoms with Gasteiger partial charge in [-0.3, -0.25) is 4.79 Å². The Bertz CT molecular complexity index is 541. The van der Waals surface area contributed by atoms with Crippen LogP contribution in [0, 0.1) is 12.8 Å². The van der Waals surface area contributed by atoms with Gasteiger partial charge in [0.15, 0.2) is 5.78 Å². The van der Waals surface area contributed by atoms with Crippen LogP contribution >= 0.6 is 0 Å². The van der Waals surface area contributed by atoms with Crippen molar-refractivity contribution in [2.24, 2.45) is 17.4 Å². The lowest BCUT2D eigenvalue weighted by Gasteiger charge is -2.29. The number of ketones is 1. The quantitative estimate of drug-likeness (QED) is 0.615. The fraction of sp³-hybridized carbons (Fsp3) is 0.267. The van der Waals surface area contributed by atoms with Gasteiger partial charge in [0.1, 0.15) is 0 Å². The highest BCUT2D eigenvalue weighted by molar-refractivity contribution is 6.10. The molecular formula is C15H18N2O. The Morgan fingerprint density at radius 3 is 2.67 bits per heavy atom. The lowest BCUT2D eigenvalue weighted by atomic mass is 9.86. The predicted molar refractivity (Wildman–Crippen MR) is 73.0 cm³/mol. The Hall–Kier alpha value is -1.71. The van der Waals surface area contributed by atoms with Gasteiger partial charge in [-0.1, -0.05) is 42.8 Å². The summed E-state index contributed by atoms with van der Waals surface area (Å²) in [4.78, 5) is 12.3. The van der Waals surface area contributed by atoms with Gasteiger partial charge in [-0.25, -0.2) is 0 Å². The Morgan fingerprint density at radius 1 is 1.33 bits per heavy atom. The van der Waals surface area contributed by atoms with E-state index in [1.165, 1.54) is 0 Å². The summed E-state index contributed by atoms with van der Waals surface area (Å²) in [6.45, 7) is 3.88. The van der Waals surface area contributed by atoms with Crippen molar-refractivity contribution in [3.05, 3.63) is 59.2 Å². The highest BCUT2D eigenvalue weighted by Crippen LogP contribution is 2.23. The SMILES string of the molecule is Cc1cccc(C(=O)C2=CC(C)C(N)(N)C=C2)c1. The average Bonchev–Trinajstić information content (AvgIpc) is 2.32. The summed E-state index contributed by atoms with van der Waals surface area (Å²) in [6.07, 6.45) is 5.25. The third kappa shape index (κ3) is 2.42. The van der Waals surface area contributed by atoms with Gasteiger partial charge in [0.25, 0.3) is 0 Å². The molecule has 1 aromatic rings. The number of carbonyl (C=O) groups excluding carboxylic acids is 1. The molecule has 0 heterocycles. The van der Waals surface area contributed by atoms with Crippen LogP contribution in [0.3, 0.4) is 0 Å². The number of Topliss-reactive ketones (excluding diaryl/α,β-unsaturated/α-hetero) is 1. The minimum Gasteiger partial charge on any atom is -0.310 e. The van der Waals surface area contributed by atoms with Crippen LogP contribution in [-0.2, 0) is 0 Å². The molecule has 0 radical (unpaired) electrons. The van der Waals surface area contributed by atoms with E-state index in [4.69, 9.17) is 11.5 Å². The van der Waals surface area contributed by atoms with Gasteiger partial charge >= 0.3 is 0 Å². The number of hydrogen-bond acceptors (Lipinski definition) is 3. The van der Waals surface area contributed by atoms with Crippen LogP contribution in [0.15, 0.2) is 48.1 Å². The summed E-state index contributed by atoms with van der Waals surface area (Å²) in [5.41, 5.74) is 13.3. The van der Waals surface area contributed by atoms with Crippen LogP contribution in [0.5, 0.6) is 0 Å². The van der Waals surface area contributed by atoms with Crippen molar-refractivity contribution >= 4 is 5.78 Å². The van der Waals surface area contributed by atoms with Crippen molar-refractivity contribution in [2.75, 3.05) is 0 Å². The van der Waals surface area contributed by atoms with Gasteiger partial charge in [-0.15, -0.1) is 0 Å². The summed E-state index contributed by atoms with van der Waals surface area (Å²) in [6, 6.07) is 7.56. The fourth-order valence-corrected chi connectivity index (χ4v) is 1.96. The molecule has 3 nitrogen and oxygen atoms in total. The van der Waals surface area contributed by atoms with Gasteiger partial charge < -0.3 is 11.5 Å². The molecule has 0 saturated carbocycles. The van der Waals surface area contributed by atoms with E-state index in [-0.39, 0.29) is 11.7 Å². The molecule has 1 atom stereocenters. The fourth-order valence-electron chi connectivity index (χ4n) is 1.96. The maximum absolute atomic E-state index is 12.3. The van der Waals surface area contributed by atoms with Crippen molar-refractivity contribution < 1.29 is 4.79 Å². The molecule has 0 bridgehead atoms. The maximum atomic E-state index is 12.3. The highest BCUT2D eigenvalue weighted by Gasteiger charge is 2.27. The van der Waals surface area contributed by atoms with E-state index in [9.17, 15) is 4.79 Å². The molecule has 4 N–H and O–H groups in total. The third-order valence-corrected chi connectivity index (χ3v) is 3.31. The summed E-state index contributed by atoms with van der Waals surface area (Å²) >= 11 is 0. The van der Waals surface area contributed by atoms with Crippen molar-refractivity contribution in [3.63, 3.8) is 0 Å². The number of allylic oxidation sites excluding steroid dienone is 2. The first-order valence-corrected chi connectivity index (χ1v) is 6.00. The van der Waals surface area contributed by atoms with E-state index in [0.29, 0.717) is 11.1 Å². The topological polar surface area (TPSA) is 69.1 Å². The zero-order valence-electron chi connectivity index (χ0n) is 10.7. The molecule has 1 aliphatic rings. The molecule has 0 aromatic heterocycles. The minimum atomic E-state index is -0.865. The number of rotatable bonds is 2. The molecule has 1 unspecified atom stereocenters. The molecule has 1 aliphatic carbocycles. The largest absolute Gasteiger partial charge is 0.310 e. The molecule has 0 spiro atoms. The molecule has 2 rings (SSSR count). The van der Waals surface area contributed by atoms with E-state index in [0.717, 1.165) is 5.56 Å². The Balaban J connectivity index is 2.29. The maximum Gasteiger partial charge on any atom is 0.192 e. The van der Waals surface area contributed by atoms with Crippen LogP contribution in [0.25, 0.3) is 0 Å². The molecule has 0 fully saturated rings. The van der Waals surface area contributed by atoms with Crippen molar-refractivity contribution in [1.82, 2.24) is 0 Å². The van der Waals surface area contributed by atoms with E-state index in [1.54, 1.807) is 12.2 Å². The monoisotopic (exact) mass is 242 g/mol. The first-order chi connectivity index (χ1) is 8.40. The van der Waals surface area contributed by atoms with Crippen LogP contribution in [0.1, 0.15) is 22.8 Å². The lowest BCUT2D eigenvalue weighted by Crippen LogP contribution is -2.53. The smallest absolute Gasteiger partial charge is 0.192 e. The van der Waals surface area contributed by atoms with Gasteiger partial charge in [0.2, 0.25) is 0 Å². The number of carbonyl (C=O) groups is 1. The Labute approximate surface area is 107 Å². The van der Waals surface area contributed by atoms with Crippen molar-refractivity contribution in [3.8, 4) is 0 Å². The normalized spacial score (nSPS) is 21.6. The zero-order valence-corrected chi connectivity index (χ0v) is 10.7. The Kier molecular flexibility index (Phi) is 3.20. The van der Waals surface area contributed by atoms with Crippen molar-refractivity contribution in [2.45, 2.75) is 19.5 Å². The number of nitrogens with two attached hydrogens (primary N) is 2. The number of hydrogen-bond donors (Lipinski definition) is 2. The van der Waals surface area contributed by atoms with Crippen LogP contribution in [-0.4, -0.2) is 11.4 Å².